The van der Waals surface area contributed by atoms with Crippen molar-refractivity contribution < 1.29 is 9.59 Å². The fourth-order valence-electron chi connectivity index (χ4n) is 2.95. The summed E-state index contributed by atoms with van der Waals surface area (Å²) < 4.78 is 0. The third-order valence-electron chi connectivity index (χ3n) is 4.39. The van der Waals surface area contributed by atoms with Crippen molar-refractivity contribution in [3.05, 3.63) is 46.2 Å². The number of aromatic nitrogens is 2. The molecule has 0 unspecified atom stereocenters. The summed E-state index contributed by atoms with van der Waals surface area (Å²) in [6, 6.07) is 3.96. The molecule has 3 rings (SSSR count). The first kappa shape index (κ1) is 17.5. The van der Waals surface area contributed by atoms with Crippen LogP contribution in [0.3, 0.4) is 0 Å². The highest BCUT2D eigenvalue weighted by atomic mass is 32.1. The van der Waals surface area contributed by atoms with Crippen LogP contribution < -0.4 is 5.32 Å². The van der Waals surface area contributed by atoms with E-state index in [1.807, 2.05) is 24.0 Å². The molecule has 0 bridgehead atoms. The van der Waals surface area contributed by atoms with Crippen molar-refractivity contribution in [3.63, 3.8) is 0 Å². The second-order valence-electron chi connectivity index (χ2n) is 6.29. The zero-order valence-electron chi connectivity index (χ0n) is 14.3. The quantitative estimate of drug-likeness (QED) is 0.889. The molecule has 0 radical (unpaired) electrons. The number of hydrogen-bond acceptors (Lipinski definition) is 5. The zero-order chi connectivity index (χ0) is 17.6. The lowest BCUT2D eigenvalue weighted by atomic mass is 10.0. The molecule has 2 aromatic heterocycles. The van der Waals surface area contributed by atoms with Gasteiger partial charge in [-0.2, -0.15) is 0 Å². The Morgan fingerprint density at radius 3 is 2.60 bits per heavy atom. The maximum atomic E-state index is 12.3. The fourth-order valence-corrected chi connectivity index (χ4v) is 3.73. The number of likely N-dealkylation sites (tertiary alicyclic amines) is 1. The van der Waals surface area contributed by atoms with Crippen LogP contribution in [-0.4, -0.2) is 45.8 Å². The molecule has 1 N–H and O–H groups in total. The molecule has 7 heteroatoms. The summed E-state index contributed by atoms with van der Waals surface area (Å²) in [5.41, 5.74) is 0.976. The summed E-state index contributed by atoms with van der Waals surface area (Å²) in [6.07, 6.45) is 7.71. The van der Waals surface area contributed by atoms with Crippen LogP contribution in [0.4, 0.5) is 0 Å². The van der Waals surface area contributed by atoms with Crippen LogP contribution in [0.2, 0.25) is 0 Å². The van der Waals surface area contributed by atoms with E-state index in [9.17, 15) is 9.59 Å². The van der Waals surface area contributed by atoms with Gasteiger partial charge in [-0.15, -0.1) is 11.3 Å². The van der Waals surface area contributed by atoms with Crippen LogP contribution in [0.1, 0.15) is 39.4 Å². The molecule has 1 saturated heterocycles. The molecule has 0 aromatic carbocycles. The Labute approximate surface area is 151 Å². The van der Waals surface area contributed by atoms with Gasteiger partial charge >= 0.3 is 0 Å². The number of piperidine rings is 1. The number of rotatable bonds is 5. The van der Waals surface area contributed by atoms with Gasteiger partial charge in [-0.1, -0.05) is 0 Å². The van der Waals surface area contributed by atoms with Crippen molar-refractivity contribution in [3.8, 4) is 0 Å². The molecular formula is C18H22N4O2S. The SMILES string of the molecule is Cc1ccc(C(=O)NC2CCN(C(=O)CCc3cncnc3)CC2)s1. The fraction of sp³-hybridized carbons (Fsp3) is 0.444. The van der Waals surface area contributed by atoms with Gasteiger partial charge in [-0.3, -0.25) is 9.59 Å². The molecule has 2 aromatic rings. The van der Waals surface area contributed by atoms with E-state index in [1.165, 1.54) is 17.7 Å². The molecule has 132 valence electrons. The summed E-state index contributed by atoms with van der Waals surface area (Å²) in [6.45, 7) is 3.38. The van der Waals surface area contributed by atoms with Crippen molar-refractivity contribution >= 4 is 23.2 Å². The average molecular weight is 358 g/mol. The van der Waals surface area contributed by atoms with E-state index in [4.69, 9.17) is 0 Å². The summed E-state index contributed by atoms with van der Waals surface area (Å²) in [4.78, 5) is 36.2. The molecule has 1 aliphatic rings. The zero-order valence-corrected chi connectivity index (χ0v) is 15.1. The molecule has 6 nitrogen and oxygen atoms in total. The predicted octanol–water partition coefficient (Wildman–Crippen LogP) is 2.20. The van der Waals surface area contributed by atoms with Gasteiger partial charge in [-0.05, 0) is 43.9 Å². The Hall–Kier alpha value is -2.28. The first-order valence-electron chi connectivity index (χ1n) is 8.51. The lowest BCUT2D eigenvalue weighted by Crippen LogP contribution is -2.46. The number of hydrogen-bond donors (Lipinski definition) is 1. The number of carbonyl (C=O) groups is 2. The molecule has 1 fully saturated rings. The van der Waals surface area contributed by atoms with Gasteiger partial charge in [0.05, 0.1) is 4.88 Å². The number of carbonyl (C=O) groups excluding carboxylic acids is 2. The van der Waals surface area contributed by atoms with Crippen LogP contribution >= 0.6 is 11.3 Å². The first-order valence-corrected chi connectivity index (χ1v) is 9.32. The smallest absolute Gasteiger partial charge is 0.261 e. The van der Waals surface area contributed by atoms with Crippen LogP contribution in [0.25, 0.3) is 0 Å². The number of aryl methyl sites for hydroxylation is 2. The van der Waals surface area contributed by atoms with Gasteiger partial charge < -0.3 is 10.2 Å². The molecular weight excluding hydrogens is 336 g/mol. The predicted molar refractivity (Wildman–Crippen MR) is 96.5 cm³/mol. The van der Waals surface area contributed by atoms with Crippen molar-refractivity contribution in [2.45, 2.75) is 38.6 Å². The minimum Gasteiger partial charge on any atom is -0.348 e. The molecule has 0 aliphatic carbocycles. The summed E-state index contributed by atoms with van der Waals surface area (Å²) in [7, 11) is 0. The van der Waals surface area contributed by atoms with Gasteiger partial charge in [-0.25, -0.2) is 9.97 Å². The van der Waals surface area contributed by atoms with E-state index in [0.717, 1.165) is 28.2 Å². The van der Waals surface area contributed by atoms with Gasteiger partial charge in [0.15, 0.2) is 0 Å². The third kappa shape index (κ3) is 4.85. The summed E-state index contributed by atoms with van der Waals surface area (Å²) >= 11 is 1.51. The van der Waals surface area contributed by atoms with Crippen LogP contribution in [0, 0.1) is 6.92 Å². The van der Waals surface area contributed by atoms with Gasteiger partial charge in [0, 0.05) is 42.8 Å². The Bertz CT molecular complexity index is 724. The summed E-state index contributed by atoms with van der Waals surface area (Å²) in [5.74, 6) is 0.148. The van der Waals surface area contributed by atoms with E-state index < -0.39 is 0 Å². The monoisotopic (exact) mass is 358 g/mol. The van der Waals surface area contributed by atoms with Crippen molar-refractivity contribution in [2.24, 2.45) is 0 Å². The molecule has 2 amide bonds. The number of thiophene rings is 1. The van der Waals surface area contributed by atoms with Gasteiger partial charge in [0.1, 0.15) is 6.33 Å². The maximum absolute atomic E-state index is 12.3. The normalized spacial score (nSPS) is 15.2. The van der Waals surface area contributed by atoms with Crippen LogP contribution in [0.15, 0.2) is 30.9 Å². The molecule has 0 saturated carbocycles. The van der Waals surface area contributed by atoms with E-state index in [2.05, 4.69) is 15.3 Å². The first-order chi connectivity index (χ1) is 12.1. The number of nitrogens with one attached hydrogen (secondary N) is 1. The van der Waals surface area contributed by atoms with Crippen LogP contribution in [0.5, 0.6) is 0 Å². The largest absolute Gasteiger partial charge is 0.348 e. The Balaban J connectivity index is 1.42. The topological polar surface area (TPSA) is 75.2 Å². The van der Waals surface area contributed by atoms with Gasteiger partial charge in [0.25, 0.3) is 5.91 Å². The Morgan fingerprint density at radius 1 is 1.24 bits per heavy atom. The second-order valence-corrected chi connectivity index (χ2v) is 7.57. The molecule has 25 heavy (non-hydrogen) atoms. The maximum Gasteiger partial charge on any atom is 0.261 e. The van der Waals surface area contributed by atoms with E-state index in [-0.39, 0.29) is 17.9 Å². The lowest BCUT2D eigenvalue weighted by Gasteiger charge is -2.32. The van der Waals surface area contributed by atoms with Gasteiger partial charge in [0.2, 0.25) is 5.91 Å². The highest BCUT2D eigenvalue weighted by Crippen LogP contribution is 2.17. The standard InChI is InChI=1S/C18H22N4O2S/c1-13-2-4-16(25-13)18(24)21-15-6-8-22(9-7-15)17(23)5-3-14-10-19-12-20-11-14/h2,4,10-12,15H,3,5-9H2,1H3,(H,21,24). The molecule has 3 heterocycles. The second kappa shape index (κ2) is 8.20. The van der Waals surface area contributed by atoms with E-state index in [1.54, 1.807) is 12.4 Å². The summed E-state index contributed by atoms with van der Waals surface area (Å²) in [5, 5.41) is 3.08. The minimum atomic E-state index is -0.00745. The highest BCUT2D eigenvalue weighted by molar-refractivity contribution is 7.13. The van der Waals surface area contributed by atoms with E-state index >= 15 is 0 Å². The minimum absolute atomic E-state index is 0.00745. The van der Waals surface area contributed by atoms with E-state index in [0.29, 0.717) is 25.9 Å². The van der Waals surface area contributed by atoms with Crippen molar-refractivity contribution in [1.29, 1.82) is 0 Å². The average Bonchev–Trinajstić information content (AvgIpc) is 3.08. The number of nitrogens with zero attached hydrogens (tertiary/aromatic N) is 3. The Morgan fingerprint density at radius 2 is 1.96 bits per heavy atom. The highest BCUT2D eigenvalue weighted by Gasteiger charge is 2.24. The Kier molecular flexibility index (Phi) is 5.75. The molecule has 0 atom stereocenters. The molecule has 1 aliphatic heterocycles. The van der Waals surface area contributed by atoms with Crippen LogP contribution in [-0.2, 0) is 11.2 Å². The lowest BCUT2D eigenvalue weighted by molar-refractivity contribution is -0.132. The van der Waals surface area contributed by atoms with Crippen molar-refractivity contribution in [1.82, 2.24) is 20.2 Å². The third-order valence-corrected chi connectivity index (χ3v) is 5.39. The van der Waals surface area contributed by atoms with Crippen molar-refractivity contribution in [2.75, 3.05) is 13.1 Å². The number of amides is 2. The molecule has 0 spiro atoms.